The van der Waals surface area contributed by atoms with Crippen LogP contribution in [0.5, 0.6) is 0 Å². The Hall–Kier alpha value is 0.470. The molecule has 0 fully saturated rings. The van der Waals surface area contributed by atoms with Crippen molar-refractivity contribution in [3.05, 3.63) is 11.6 Å². The Balaban J connectivity index is 2.11. The third-order valence-corrected chi connectivity index (χ3v) is 2.53. The minimum atomic E-state index is 1.31. The summed E-state index contributed by atoms with van der Waals surface area (Å²) in [6, 6.07) is 0. The van der Waals surface area contributed by atoms with Crippen LogP contribution < -0.4 is 0 Å². The lowest BCUT2D eigenvalue weighted by atomic mass is 10.1. The van der Waals surface area contributed by atoms with Gasteiger partial charge in [0.2, 0.25) is 0 Å². The number of allylic oxidation sites excluding steroid dienone is 2. The van der Waals surface area contributed by atoms with Gasteiger partial charge in [0.25, 0.3) is 0 Å². The van der Waals surface area contributed by atoms with Crippen molar-refractivity contribution in [3.63, 3.8) is 0 Å². The van der Waals surface area contributed by atoms with Gasteiger partial charge in [-0.2, -0.15) is 0 Å². The van der Waals surface area contributed by atoms with Gasteiger partial charge >= 0.3 is 0 Å². The van der Waals surface area contributed by atoms with Crippen molar-refractivity contribution in [2.45, 2.75) is 32.1 Å². The van der Waals surface area contributed by atoms with E-state index in [0.717, 1.165) is 0 Å². The molecule has 0 atom stereocenters. The van der Waals surface area contributed by atoms with Crippen LogP contribution in [0, 0.1) is 0 Å². The SMILES string of the molecule is ICCCC1=CCCC1. The largest absolute Gasteiger partial charge is 0.0864 e. The Bertz CT molecular complexity index is 105. The smallest absolute Gasteiger partial charge is 0.000168 e. The van der Waals surface area contributed by atoms with Gasteiger partial charge in [-0.05, 0) is 36.5 Å². The fraction of sp³-hybridized carbons (Fsp3) is 0.750. The van der Waals surface area contributed by atoms with Crippen molar-refractivity contribution in [3.8, 4) is 0 Å². The van der Waals surface area contributed by atoms with E-state index in [9.17, 15) is 0 Å². The molecule has 0 bridgehead atoms. The molecule has 1 rings (SSSR count). The molecule has 0 heterocycles. The maximum atomic E-state index is 2.45. The minimum absolute atomic E-state index is 1.31. The molecule has 0 radical (unpaired) electrons. The van der Waals surface area contributed by atoms with Gasteiger partial charge in [-0.3, -0.25) is 0 Å². The van der Waals surface area contributed by atoms with Crippen LogP contribution in [0.4, 0.5) is 0 Å². The highest BCUT2D eigenvalue weighted by Gasteiger charge is 2.02. The van der Waals surface area contributed by atoms with Crippen LogP contribution >= 0.6 is 22.6 Å². The summed E-state index contributed by atoms with van der Waals surface area (Å²) in [7, 11) is 0. The van der Waals surface area contributed by atoms with E-state index in [1.54, 1.807) is 5.57 Å². The molecule has 1 aliphatic carbocycles. The summed E-state index contributed by atoms with van der Waals surface area (Å²) in [4.78, 5) is 0. The molecule has 0 nitrogen and oxygen atoms in total. The maximum Gasteiger partial charge on any atom is -0.000168 e. The van der Waals surface area contributed by atoms with Crippen LogP contribution in [0.1, 0.15) is 32.1 Å². The van der Waals surface area contributed by atoms with E-state index in [1.165, 1.54) is 36.5 Å². The highest BCUT2D eigenvalue weighted by Crippen LogP contribution is 2.21. The number of hydrogen-bond donors (Lipinski definition) is 0. The third kappa shape index (κ3) is 2.70. The zero-order chi connectivity index (χ0) is 6.53. The second kappa shape index (κ2) is 4.31. The van der Waals surface area contributed by atoms with Gasteiger partial charge in [-0.1, -0.05) is 34.2 Å². The first-order valence-electron chi connectivity index (χ1n) is 3.67. The Kier molecular flexibility index (Phi) is 3.63. The summed E-state index contributed by atoms with van der Waals surface area (Å²) in [5, 5.41) is 0. The first kappa shape index (κ1) is 7.58. The van der Waals surface area contributed by atoms with Gasteiger partial charge in [0.05, 0.1) is 0 Å². The zero-order valence-electron chi connectivity index (χ0n) is 5.70. The van der Waals surface area contributed by atoms with Crippen molar-refractivity contribution >= 4 is 22.6 Å². The van der Waals surface area contributed by atoms with Gasteiger partial charge in [0.15, 0.2) is 0 Å². The van der Waals surface area contributed by atoms with Crippen LogP contribution in [0.3, 0.4) is 0 Å². The molecule has 0 N–H and O–H groups in total. The van der Waals surface area contributed by atoms with Crippen molar-refractivity contribution in [2.24, 2.45) is 0 Å². The fourth-order valence-corrected chi connectivity index (χ4v) is 1.64. The van der Waals surface area contributed by atoms with E-state index >= 15 is 0 Å². The quantitative estimate of drug-likeness (QED) is 0.400. The second-order valence-electron chi connectivity index (χ2n) is 2.55. The van der Waals surface area contributed by atoms with E-state index in [2.05, 4.69) is 28.7 Å². The Morgan fingerprint density at radius 3 is 3.00 bits per heavy atom. The summed E-state index contributed by atoms with van der Waals surface area (Å²) in [6.07, 6.45) is 9.31. The van der Waals surface area contributed by atoms with Crippen LogP contribution in [-0.4, -0.2) is 4.43 Å². The van der Waals surface area contributed by atoms with Crippen molar-refractivity contribution < 1.29 is 0 Å². The minimum Gasteiger partial charge on any atom is -0.0864 e. The lowest BCUT2D eigenvalue weighted by molar-refractivity contribution is 0.839. The summed E-state index contributed by atoms with van der Waals surface area (Å²) in [5.41, 5.74) is 1.71. The lowest BCUT2D eigenvalue weighted by Gasteiger charge is -1.96. The Morgan fingerprint density at radius 1 is 1.56 bits per heavy atom. The average Bonchev–Trinajstić information content (AvgIpc) is 2.34. The van der Waals surface area contributed by atoms with Gasteiger partial charge in [-0.15, -0.1) is 0 Å². The van der Waals surface area contributed by atoms with E-state index in [1.807, 2.05) is 0 Å². The van der Waals surface area contributed by atoms with Crippen LogP contribution in [-0.2, 0) is 0 Å². The average molecular weight is 236 g/mol. The van der Waals surface area contributed by atoms with Crippen LogP contribution in [0.15, 0.2) is 11.6 Å². The van der Waals surface area contributed by atoms with Crippen molar-refractivity contribution in [2.75, 3.05) is 4.43 Å². The number of alkyl halides is 1. The molecule has 0 saturated heterocycles. The molecule has 9 heavy (non-hydrogen) atoms. The molecule has 0 aliphatic heterocycles. The third-order valence-electron chi connectivity index (χ3n) is 1.77. The molecule has 0 unspecified atom stereocenters. The first-order chi connectivity index (χ1) is 4.43. The van der Waals surface area contributed by atoms with E-state index in [-0.39, 0.29) is 0 Å². The van der Waals surface area contributed by atoms with Crippen LogP contribution in [0.2, 0.25) is 0 Å². The fourth-order valence-electron chi connectivity index (χ4n) is 1.26. The van der Waals surface area contributed by atoms with Crippen LogP contribution in [0.25, 0.3) is 0 Å². The summed E-state index contributed by atoms with van der Waals surface area (Å²) < 4.78 is 1.31. The number of halogens is 1. The lowest BCUT2D eigenvalue weighted by Crippen LogP contribution is -1.79. The normalized spacial score (nSPS) is 18.1. The molecular weight excluding hydrogens is 223 g/mol. The number of rotatable bonds is 3. The van der Waals surface area contributed by atoms with Crippen molar-refractivity contribution in [1.82, 2.24) is 0 Å². The molecule has 0 aromatic heterocycles. The van der Waals surface area contributed by atoms with Gasteiger partial charge in [0, 0.05) is 0 Å². The van der Waals surface area contributed by atoms with E-state index < -0.39 is 0 Å². The number of hydrogen-bond acceptors (Lipinski definition) is 0. The summed E-state index contributed by atoms with van der Waals surface area (Å²) >= 11 is 2.45. The highest BCUT2D eigenvalue weighted by molar-refractivity contribution is 14.1. The van der Waals surface area contributed by atoms with Crippen molar-refractivity contribution in [1.29, 1.82) is 0 Å². The summed E-state index contributed by atoms with van der Waals surface area (Å²) in [5.74, 6) is 0. The molecule has 0 aromatic rings. The molecule has 1 heteroatoms. The zero-order valence-corrected chi connectivity index (χ0v) is 7.86. The predicted octanol–water partition coefficient (Wildman–Crippen LogP) is 3.31. The van der Waals surface area contributed by atoms with E-state index in [4.69, 9.17) is 0 Å². The molecule has 0 spiro atoms. The maximum absolute atomic E-state index is 2.45. The standard InChI is InChI=1S/C8H13I/c9-7-3-6-8-4-1-2-5-8/h4H,1-3,5-7H2. The second-order valence-corrected chi connectivity index (χ2v) is 3.63. The molecule has 0 aromatic carbocycles. The Labute approximate surface area is 70.9 Å². The first-order valence-corrected chi connectivity index (χ1v) is 5.20. The Morgan fingerprint density at radius 2 is 2.44 bits per heavy atom. The van der Waals surface area contributed by atoms with Gasteiger partial charge in [-0.25, -0.2) is 0 Å². The molecule has 0 saturated carbocycles. The van der Waals surface area contributed by atoms with Gasteiger partial charge < -0.3 is 0 Å². The monoisotopic (exact) mass is 236 g/mol. The molecule has 52 valence electrons. The molecular formula is C8H13I. The van der Waals surface area contributed by atoms with E-state index in [0.29, 0.717) is 0 Å². The van der Waals surface area contributed by atoms with Gasteiger partial charge in [0.1, 0.15) is 0 Å². The summed E-state index contributed by atoms with van der Waals surface area (Å²) in [6.45, 7) is 0. The molecule has 0 amide bonds. The predicted molar refractivity (Wildman–Crippen MR) is 50.1 cm³/mol. The topological polar surface area (TPSA) is 0 Å². The molecule has 1 aliphatic rings. The highest BCUT2D eigenvalue weighted by atomic mass is 127.